The third kappa shape index (κ3) is 2.17. The van der Waals surface area contributed by atoms with Crippen LogP contribution in [0.2, 0.25) is 0 Å². The van der Waals surface area contributed by atoms with Crippen LogP contribution in [0.1, 0.15) is 18.5 Å². The summed E-state index contributed by atoms with van der Waals surface area (Å²) < 4.78 is 11.3. The van der Waals surface area contributed by atoms with E-state index in [0.717, 1.165) is 5.56 Å². The molecule has 4 rings (SSSR count). The van der Waals surface area contributed by atoms with Crippen LogP contribution >= 0.6 is 0 Å². The minimum atomic E-state index is -1.20. The van der Waals surface area contributed by atoms with Crippen molar-refractivity contribution in [2.45, 2.75) is 18.7 Å². The van der Waals surface area contributed by atoms with Gasteiger partial charge in [-0.2, -0.15) is 0 Å². The zero-order chi connectivity index (χ0) is 17.6. The average molecular weight is 338 g/mol. The molecule has 2 aliphatic heterocycles. The normalized spacial score (nSPS) is 27.0. The summed E-state index contributed by atoms with van der Waals surface area (Å²) in [5.41, 5.74) is 0.223. The molecule has 2 amide bonds. The van der Waals surface area contributed by atoms with Gasteiger partial charge in [0, 0.05) is 11.3 Å². The van der Waals surface area contributed by atoms with Gasteiger partial charge in [-0.3, -0.25) is 9.69 Å². The summed E-state index contributed by atoms with van der Waals surface area (Å²) in [6, 6.07) is 15.8. The summed E-state index contributed by atoms with van der Waals surface area (Å²) in [6.45, 7) is 1.75. The van der Waals surface area contributed by atoms with E-state index in [1.54, 1.807) is 6.92 Å². The molecule has 0 spiro atoms. The van der Waals surface area contributed by atoms with Gasteiger partial charge < -0.3 is 14.8 Å². The highest BCUT2D eigenvalue weighted by molar-refractivity contribution is 5.97. The van der Waals surface area contributed by atoms with Crippen LogP contribution in [-0.4, -0.2) is 24.8 Å². The van der Waals surface area contributed by atoms with Gasteiger partial charge in [-0.05, 0) is 25.1 Å². The lowest BCUT2D eigenvalue weighted by molar-refractivity contribution is -0.157. The molecule has 0 saturated carbocycles. The van der Waals surface area contributed by atoms with Gasteiger partial charge in [0.15, 0.2) is 0 Å². The van der Waals surface area contributed by atoms with Crippen molar-refractivity contribution in [2.24, 2.45) is 5.92 Å². The van der Waals surface area contributed by atoms with Crippen molar-refractivity contribution >= 4 is 17.7 Å². The number of urea groups is 1. The molecule has 2 aliphatic rings. The van der Waals surface area contributed by atoms with Crippen molar-refractivity contribution in [1.29, 1.82) is 0 Å². The molecule has 128 valence electrons. The molecule has 0 radical (unpaired) electrons. The third-order valence-corrected chi connectivity index (χ3v) is 4.88. The number of anilines is 1. The molecule has 6 nitrogen and oxygen atoms in total. The van der Waals surface area contributed by atoms with Crippen LogP contribution in [0.25, 0.3) is 0 Å². The van der Waals surface area contributed by atoms with Crippen LogP contribution in [-0.2, 0) is 9.53 Å². The van der Waals surface area contributed by atoms with Crippen LogP contribution < -0.4 is 15.0 Å². The molecule has 6 heteroatoms. The lowest BCUT2D eigenvalue weighted by Gasteiger charge is -2.54. The van der Waals surface area contributed by atoms with E-state index in [2.05, 4.69) is 5.32 Å². The molecule has 2 bridgehead atoms. The number of hydrogen-bond acceptors (Lipinski definition) is 4. The van der Waals surface area contributed by atoms with Crippen LogP contribution in [0.3, 0.4) is 0 Å². The first-order valence-corrected chi connectivity index (χ1v) is 8.08. The van der Waals surface area contributed by atoms with E-state index in [9.17, 15) is 9.59 Å². The minimum absolute atomic E-state index is 0.312. The number of nitrogens with one attached hydrogen (secondary N) is 1. The molecule has 1 saturated heterocycles. The number of carbonyl (C=O) groups is 2. The first kappa shape index (κ1) is 15.5. The van der Waals surface area contributed by atoms with Gasteiger partial charge in [-0.15, -0.1) is 0 Å². The van der Waals surface area contributed by atoms with Gasteiger partial charge in [0.25, 0.3) is 0 Å². The fourth-order valence-corrected chi connectivity index (χ4v) is 3.78. The number of benzene rings is 2. The number of ether oxygens (including phenoxy) is 2. The quantitative estimate of drug-likeness (QED) is 0.855. The summed E-state index contributed by atoms with van der Waals surface area (Å²) in [6.07, 6.45) is 0. The van der Waals surface area contributed by atoms with E-state index in [1.165, 1.54) is 12.0 Å². The number of amides is 2. The van der Waals surface area contributed by atoms with Crippen molar-refractivity contribution in [3.8, 4) is 5.75 Å². The Balaban J connectivity index is 1.91. The van der Waals surface area contributed by atoms with Crippen LogP contribution in [0.15, 0.2) is 54.6 Å². The Morgan fingerprint density at radius 3 is 2.56 bits per heavy atom. The highest BCUT2D eigenvalue weighted by atomic mass is 16.5. The molecule has 2 aromatic carbocycles. The standard InChI is InChI=1S/C19H18N2O4/c1-19-15(17(22)24-2)16(13-10-6-7-11-14(13)25-19)20-18(23)21(19)12-8-4-3-5-9-12/h3-11,15-16H,1-2H3,(H,20,23). The number of nitrogens with zero attached hydrogens (tertiary/aromatic N) is 1. The molecule has 3 unspecified atom stereocenters. The van der Waals surface area contributed by atoms with Crippen molar-refractivity contribution < 1.29 is 19.1 Å². The summed E-state index contributed by atoms with van der Waals surface area (Å²) in [7, 11) is 1.34. The molecular weight excluding hydrogens is 320 g/mol. The maximum atomic E-state index is 12.9. The number of rotatable bonds is 2. The number of fused-ring (bicyclic) bond motifs is 4. The van der Waals surface area contributed by atoms with Crippen molar-refractivity contribution in [2.75, 3.05) is 12.0 Å². The van der Waals surface area contributed by atoms with E-state index in [1.807, 2.05) is 54.6 Å². The number of methoxy groups -OCH3 is 1. The lowest BCUT2D eigenvalue weighted by atomic mass is 9.79. The van der Waals surface area contributed by atoms with Gasteiger partial charge in [-0.25, -0.2) is 4.79 Å². The smallest absolute Gasteiger partial charge is 0.325 e. The molecule has 1 N–H and O–H groups in total. The van der Waals surface area contributed by atoms with Gasteiger partial charge in [0.05, 0.1) is 13.2 Å². The Hall–Kier alpha value is -3.02. The van der Waals surface area contributed by atoms with Crippen LogP contribution in [0.5, 0.6) is 5.75 Å². The Kier molecular flexibility index (Phi) is 3.42. The molecule has 0 aliphatic carbocycles. The fraction of sp³-hybridized carbons (Fsp3) is 0.263. The highest BCUT2D eigenvalue weighted by Crippen LogP contribution is 2.49. The number of esters is 1. The van der Waals surface area contributed by atoms with Crippen LogP contribution in [0.4, 0.5) is 10.5 Å². The largest absolute Gasteiger partial charge is 0.469 e. The third-order valence-electron chi connectivity index (χ3n) is 4.88. The predicted octanol–water partition coefficient (Wildman–Crippen LogP) is 2.86. The van der Waals surface area contributed by atoms with E-state index in [4.69, 9.17) is 9.47 Å². The number of para-hydroxylation sites is 2. The summed E-state index contributed by atoms with van der Waals surface area (Å²) in [4.78, 5) is 26.9. The zero-order valence-electron chi connectivity index (χ0n) is 13.9. The Morgan fingerprint density at radius 2 is 1.84 bits per heavy atom. The predicted molar refractivity (Wildman–Crippen MR) is 91.2 cm³/mol. The number of hydrogen-bond donors (Lipinski definition) is 1. The van der Waals surface area contributed by atoms with E-state index < -0.39 is 23.7 Å². The lowest BCUT2D eigenvalue weighted by Crippen LogP contribution is -2.71. The summed E-state index contributed by atoms with van der Waals surface area (Å²) in [5, 5.41) is 2.95. The first-order valence-electron chi connectivity index (χ1n) is 8.08. The van der Waals surface area contributed by atoms with E-state index in [-0.39, 0.29) is 6.03 Å². The van der Waals surface area contributed by atoms with Crippen molar-refractivity contribution in [1.82, 2.24) is 5.32 Å². The maximum Gasteiger partial charge on any atom is 0.325 e. The monoisotopic (exact) mass is 338 g/mol. The number of carbonyl (C=O) groups excluding carboxylic acids is 2. The van der Waals surface area contributed by atoms with Gasteiger partial charge in [0.1, 0.15) is 11.7 Å². The molecular formula is C19H18N2O4. The molecule has 25 heavy (non-hydrogen) atoms. The Labute approximate surface area is 145 Å². The maximum absolute atomic E-state index is 12.9. The molecule has 3 atom stereocenters. The van der Waals surface area contributed by atoms with Crippen molar-refractivity contribution in [3.05, 3.63) is 60.2 Å². The van der Waals surface area contributed by atoms with Crippen molar-refractivity contribution in [3.63, 3.8) is 0 Å². The second kappa shape index (κ2) is 5.51. The first-order chi connectivity index (χ1) is 12.1. The Morgan fingerprint density at radius 1 is 1.16 bits per heavy atom. The van der Waals surface area contributed by atoms with E-state index >= 15 is 0 Å². The Bertz CT molecular complexity index is 838. The summed E-state index contributed by atoms with van der Waals surface area (Å²) >= 11 is 0. The van der Waals surface area contributed by atoms with Crippen LogP contribution in [0, 0.1) is 5.92 Å². The molecule has 2 heterocycles. The second-order valence-corrected chi connectivity index (χ2v) is 6.29. The summed E-state index contributed by atoms with van der Waals surface area (Å²) in [5.74, 6) is -0.482. The van der Waals surface area contributed by atoms with Gasteiger partial charge in [0.2, 0.25) is 5.72 Å². The SMILES string of the molecule is COC(=O)C1C2NC(=O)N(c3ccccc3)C1(C)Oc1ccccc12. The highest BCUT2D eigenvalue weighted by Gasteiger charge is 2.60. The topological polar surface area (TPSA) is 67.9 Å². The zero-order valence-corrected chi connectivity index (χ0v) is 13.9. The molecule has 2 aromatic rings. The fourth-order valence-electron chi connectivity index (χ4n) is 3.78. The second-order valence-electron chi connectivity index (χ2n) is 6.29. The molecule has 1 fully saturated rings. The minimum Gasteiger partial charge on any atom is -0.469 e. The van der Waals surface area contributed by atoms with E-state index in [0.29, 0.717) is 11.4 Å². The average Bonchev–Trinajstić information content (AvgIpc) is 2.61. The van der Waals surface area contributed by atoms with Gasteiger partial charge in [-0.1, -0.05) is 36.4 Å². The van der Waals surface area contributed by atoms with Gasteiger partial charge >= 0.3 is 12.0 Å². The molecule has 0 aromatic heterocycles.